The average Bonchev–Trinajstić information content (AvgIpc) is 2.72. The van der Waals surface area contributed by atoms with Gasteiger partial charge in [-0.05, 0) is 18.2 Å². The van der Waals surface area contributed by atoms with E-state index < -0.39 is 11.9 Å². The van der Waals surface area contributed by atoms with Crippen molar-refractivity contribution in [3.8, 4) is 5.69 Å². The minimum Gasteiger partial charge on any atom is -0.228 e. The van der Waals surface area contributed by atoms with Crippen molar-refractivity contribution in [2.24, 2.45) is 0 Å². The van der Waals surface area contributed by atoms with Crippen LogP contribution in [0.15, 0.2) is 30.5 Å². The zero-order valence-corrected chi connectivity index (χ0v) is 11.2. The van der Waals surface area contributed by atoms with E-state index in [4.69, 9.17) is 11.6 Å². The van der Waals surface area contributed by atoms with E-state index in [0.29, 0.717) is 5.02 Å². The number of hydrogen-bond acceptors (Lipinski definition) is 1. The highest BCUT2D eigenvalue weighted by Crippen LogP contribution is 2.34. The molecule has 0 fully saturated rings. The second-order valence-corrected chi connectivity index (χ2v) is 4.54. The smallest absolute Gasteiger partial charge is 0.228 e. The number of nitrogens with zero attached hydrogens (tertiary/aromatic N) is 2. The largest absolute Gasteiger partial charge is 0.433 e. The summed E-state index contributed by atoms with van der Waals surface area (Å²) in [5, 5.41) is 4.22. The van der Waals surface area contributed by atoms with Crippen molar-refractivity contribution in [3.05, 3.63) is 46.7 Å². The minimum atomic E-state index is -4.47. The maximum Gasteiger partial charge on any atom is 0.433 e. The molecular weight excluding hydrogens is 332 g/mol. The average molecular weight is 340 g/mol. The molecule has 0 bridgehead atoms. The summed E-state index contributed by atoms with van der Waals surface area (Å²) in [5.74, 6) is 0. The van der Waals surface area contributed by atoms with Crippen LogP contribution in [0.4, 0.5) is 13.2 Å². The monoisotopic (exact) mass is 338 g/mol. The van der Waals surface area contributed by atoms with E-state index in [1.807, 2.05) is 0 Å². The van der Waals surface area contributed by atoms with Gasteiger partial charge >= 0.3 is 6.18 Å². The molecule has 0 atom stereocenters. The summed E-state index contributed by atoms with van der Waals surface area (Å²) in [7, 11) is 0. The fourth-order valence-electron chi connectivity index (χ4n) is 1.59. The molecule has 2 aromatic rings. The van der Waals surface area contributed by atoms with Crippen LogP contribution in [0.2, 0.25) is 5.02 Å². The zero-order valence-electron chi connectivity index (χ0n) is 8.88. The quantitative estimate of drug-likeness (QED) is 0.740. The van der Waals surface area contributed by atoms with Crippen LogP contribution in [0.1, 0.15) is 11.3 Å². The maximum atomic E-state index is 13.0. The first-order valence-electron chi connectivity index (χ1n) is 4.89. The standard InChI is InChI=1S/C11H7BrClF3N2/c12-5-7-6-17-18(10(7)11(14,15)16)9-3-1-2-8(13)4-9/h1-4,6H,5H2. The number of hydrogen-bond donors (Lipinski definition) is 0. The van der Waals surface area contributed by atoms with Gasteiger partial charge in [-0.2, -0.15) is 18.3 Å². The Hall–Kier alpha value is -1.01. The predicted octanol–water partition coefficient (Wildman–Crippen LogP) is 4.44. The molecule has 0 spiro atoms. The van der Waals surface area contributed by atoms with Crippen molar-refractivity contribution in [2.75, 3.05) is 0 Å². The molecule has 1 aromatic carbocycles. The molecule has 1 heterocycles. The number of halogens is 5. The Balaban J connectivity index is 2.62. The molecule has 0 amide bonds. The van der Waals surface area contributed by atoms with Crippen molar-refractivity contribution in [1.29, 1.82) is 0 Å². The van der Waals surface area contributed by atoms with E-state index in [-0.39, 0.29) is 16.6 Å². The number of aromatic nitrogens is 2. The van der Waals surface area contributed by atoms with Gasteiger partial charge in [-0.1, -0.05) is 33.6 Å². The van der Waals surface area contributed by atoms with Gasteiger partial charge in [-0.3, -0.25) is 0 Å². The van der Waals surface area contributed by atoms with Crippen LogP contribution in [0.3, 0.4) is 0 Å². The first-order chi connectivity index (χ1) is 8.43. The Kier molecular flexibility index (Phi) is 3.68. The number of alkyl halides is 4. The summed E-state index contributed by atoms with van der Waals surface area (Å²) in [5.41, 5.74) is -0.425. The molecule has 0 N–H and O–H groups in total. The first kappa shape index (κ1) is 13.4. The summed E-state index contributed by atoms with van der Waals surface area (Å²) >= 11 is 8.79. The minimum absolute atomic E-state index is 0.0856. The summed E-state index contributed by atoms with van der Waals surface area (Å²) in [6.45, 7) is 0. The van der Waals surface area contributed by atoms with Crippen LogP contribution in [-0.4, -0.2) is 9.78 Å². The lowest BCUT2D eigenvalue weighted by molar-refractivity contribution is -0.143. The SMILES string of the molecule is FC(F)(F)c1c(CBr)cnn1-c1cccc(Cl)c1. The lowest BCUT2D eigenvalue weighted by Crippen LogP contribution is -2.15. The van der Waals surface area contributed by atoms with Crippen molar-refractivity contribution in [3.63, 3.8) is 0 Å². The fourth-order valence-corrected chi connectivity index (χ4v) is 2.18. The molecular formula is C11H7BrClF3N2. The lowest BCUT2D eigenvalue weighted by atomic mass is 10.2. The van der Waals surface area contributed by atoms with Gasteiger partial charge in [0.15, 0.2) is 5.69 Å². The molecule has 0 aliphatic rings. The Morgan fingerprint density at radius 3 is 2.61 bits per heavy atom. The van der Waals surface area contributed by atoms with Crippen molar-refractivity contribution in [2.45, 2.75) is 11.5 Å². The summed E-state index contributed by atoms with van der Waals surface area (Å²) in [4.78, 5) is 0. The molecule has 0 aliphatic carbocycles. The van der Waals surface area contributed by atoms with Crippen LogP contribution in [0.5, 0.6) is 0 Å². The van der Waals surface area contributed by atoms with Crippen LogP contribution in [0.25, 0.3) is 5.69 Å². The number of rotatable bonds is 2. The van der Waals surface area contributed by atoms with Gasteiger partial charge in [0.05, 0.1) is 11.9 Å². The van der Waals surface area contributed by atoms with Crippen LogP contribution < -0.4 is 0 Å². The van der Waals surface area contributed by atoms with Crippen molar-refractivity contribution in [1.82, 2.24) is 9.78 Å². The van der Waals surface area contributed by atoms with Crippen LogP contribution >= 0.6 is 27.5 Å². The molecule has 0 radical (unpaired) electrons. The Labute approximate surface area is 114 Å². The molecule has 0 aliphatic heterocycles. The maximum absolute atomic E-state index is 13.0. The topological polar surface area (TPSA) is 17.8 Å². The summed E-state index contributed by atoms with van der Waals surface area (Å²) < 4.78 is 39.9. The highest BCUT2D eigenvalue weighted by atomic mass is 79.9. The van der Waals surface area contributed by atoms with Gasteiger partial charge in [0.1, 0.15) is 0 Å². The second-order valence-electron chi connectivity index (χ2n) is 3.54. The molecule has 0 saturated carbocycles. The van der Waals surface area contributed by atoms with Crippen LogP contribution in [0, 0.1) is 0 Å². The van der Waals surface area contributed by atoms with E-state index in [1.165, 1.54) is 18.3 Å². The second kappa shape index (κ2) is 4.93. The molecule has 2 nitrogen and oxygen atoms in total. The molecule has 1 aromatic heterocycles. The Morgan fingerprint density at radius 1 is 1.33 bits per heavy atom. The summed E-state index contributed by atoms with van der Waals surface area (Å²) in [6.07, 6.45) is -3.28. The fraction of sp³-hybridized carbons (Fsp3) is 0.182. The van der Waals surface area contributed by atoms with Crippen molar-refractivity contribution >= 4 is 27.5 Å². The third-order valence-electron chi connectivity index (χ3n) is 2.31. The van der Waals surface area contributed by atoms with Gasteiger partial charge in [0.2, 0.25) is 0 Å². The highest BCUT2D eigenvalue weighted by molar-refractivity contribution is 9.08. The van der Waals surface area contributed by atoms with Crippen molar-refractivity contribution < 1.29 is 13.2 Å². The third kappa shape index (κ3) is 2.54. The molecule has 2 rings (SSSR count). The van der Waals surface area contributed by atoms with E-state index >= 15 is 0 Å². The molecule has 7 heteroatoms. The van der Waals surface area contributed by atoms with E-state index in [2.05, 4.69) is 21.0 Å². The van der Waals surface area contributed by atoms with Gasteiger partial charge < -0.3 is 0 Å². The van der Waals surface area contributed by atoms with Crippen LogP contribution in [-0.2, 0) is 11.5 Å². The van der Waals surface area contributed by atoms with Gasteiger partial charge in [-0.25, -0.2) is 4.68 Å². The van der Waals surface area contributed by atoms with Gasteiger partial charge in [-0.15, -0.1) is 0 Å². The van der Waals surface area contributed by atoms with E-state index in [9.17, 15) is 13.2 Å². The third-order valence-corrected chi connectivity index (χ3v) is 3.15. The predicted molar refractivity (Wildman–Crippen MR) is 66.2 cm³/mol. The zero-order chi connectivity index (χ0) is 13.3. The first-order valence-corrected chi connectivity index (χ1v) is 6.39. The normalized spacial score (nSPS) is 11.8. The molecule has 96 valence electrons. The summed E-state index contributed by atoms with van der Waals surface area (Å²) in [6, 6.07) is 6.12. The van der Waals surface area contributed by atoms with E-state index in [1.54, 1.807) is 12.1 Å². The molecule has 18 heavy (non-hydrogen) atoms. The van der Waals surface area contributed by atoms with Gasteiger partial charge in [0.25, 0.3) is 0 Å². The Bertz CT molecular complexity index is 566. The molecule has 0 unspecified atom stereocenters. The molecule has 0 saturated heterocycles. The van der Waals surface area contributed by atoms with E-state index in [0.717, 1.165) is 4.68 Å². The van der Waals surface area contributed by atoms with Gasteiger partial charge in [0, 0.05) is 15.9 Å². The highest BCUT2D eigenvalue weighted by Gasteiger charge is 2.38. The number of benzene rings is 1. The lowest BCUT2D eigenvalue weighted by Gasteiger charge is -2.12. The Morgan fingerprint density at radius 2 is 2.06 bits per heavy atom.